The molecule has 0 fully saturated rings. The molecule has 1 aliphatic heterocycles. The van der Waals surface area contributed by atoms with E-state index in [0.29, 0.717) is 31.5 Å². The minimum absolute atomic E-state index is 0.105. The molecule has 3 amide bonds. The van der Waals surface area contributed by atoms with Gasteiger partial charge in [-0.25, -0.2) is 0 Å². The number of thiophene rings is 1. The predicted molar refractivity (Wildman–Crippen MR) is 169 cm³/mol. The largest absolute Gasteiger partial charge is 0.352 e. The highest BCUT2D eigenvalue weighted by Gasteiger charge is 2.34. The number of hydrogen-bond donors (Lipinski definition) is 3. The van der Waals surface area contributed by atoms with Crippen molar-refractivity contribution < 1.29 is 14.4 Å². The lowest BCUT2D eigenvalue weighted by Gasteiger charge is -2.28. The van der Waals surface area contributed by atoms with Crippen LogP contribution < -0.4 is 21.3 Å². The molecule has 9 heteroatoms. The molecule has 0 bridgehead atoms. The summed E-state index contributed by atoms with van der Waals surface area (Å²) < 4.78 is 1.98. The van der Waals surface area contributed by atoms with Gasteiger partial charge < -0.3 is 21.3 Å². The van der Waals surface area contributed by atoms with E-state index in [-0.39, 0.29) is 17.7 Å². The lowest BCUT2D eigenvalue weighted by atomic mass is 10.0. The minimum atomic E-state index is -1.09. The van der Waals surface area contributed by atoms with Crippen LogP contribution in [-0.2, 0) is 22.6 Å². The van der Waals surface area contributed by atoms with Gasteiger partial charge in [-0.05, 0) is 84.9 Å². The number of hydrogen-bond acceptors (Lipinski definition) is 5. The van der Waals surface area contributed by atoms with Gasteiger partial charge in [-0.2, -0.15) is 0 Å². The Bertz CT molecular complexity index is 1640. The highest BCUT2D eigenvalue weighted by molar-refractivity contribution is 9.10. The lowest BCUT2D eigenvalue weighted by Crippen LogP contribution is -2.56. The van der Waals surface area contributed by atoms with E-state index in [1.807, 2.05) is 61.5 Å². The topological polar surface area (TPSA) is 105 Å². The van der Waals surface area contributed by atoms with Crippen LogP contribution in [0, 0.1) is 0 Å². The zero-order valence-electron chi connectivity index (χ0n) is 23.3. The van der Waals surface area contributed by atoms with Gasteiger partial charge in [0.25, 0.3) is 5.91 Å². The van der Waals surface area contributed by atoms with Gasteiger partial charge in [-0.3, -0.25) is 14.4 Å². The molecule has 0 radical (unpaired) electrons. The third kappa shape index (κ3) is 5.93. The number of fused-ring (bicyclic) bond motifs is 2. The molecule has 41 heavy (non-hydrogen) atoms. The number of halogens is 1. The van der Waals surface area contributed by atoms with Crippen molar-refractivity contribution in [1.82, 2.24) is 10.6 Å². The Kier molecular flexibility index (Phi) is 8.31. The number of rotatable bonds is 7. The number of aryl methyl sites for hydroxylation is 1. The molecule has 4 aromatic rings. The molecule has 7 nitrogen and oxygen atoms in total. The van der Waals surface area contributed by atoms with E-state index < -0.39 is 11.6 Å². The van der Waals surface area contributed by atoms with Crippen molar-refractivity contribution in [3.8, 4) is 10.4 Å². The number of anilines is 1. The van der Waals surface area contributed by atoms with Crippen molar-refractivity contribution in [3.63, 3.8) is 0 Å². The normalized spacial score (nSPS) is 15.4. The molecule has 2 heterocycles. The van der Waals surface area contributed by atoms with Crippen LogP contribution in [0.3, 0.4) is 0 Å². The maximum Gasteiger partial charge on any atom is 0.251 e. The van der Waals surface area contributed by atoms with Crippen LogP contribution in [0.25, 0.3) is 20.5 Å². The first kappa shape index (κ1) is 29.0. The number of nitrogens with one attached hydrogen (secondary N) is 2. The third-order valence-electron chi connectivity index (χ3n) is 7.23. The number of benzene rings is 3. The predicted octanol–water partition coefficient (Wildman–Crippen LogP) is 5.78. The summed E-state index contributed by atoms with van der Waals surface area (Å²) in [5, 5.41) is 6.80. The van der Waals surface area contributed by atoms with Gasteiger partial charge in [0, 0.05) is 37.9 Å². The van der Waals surface area contributed by atoms with E-state index in [9.17, 15) is 14.4 Å². The Morgan fingerprint density at radius 2 is 1.83 bits per heavy atom. The standard InChI is InChI=1S/C32H33BrN4O3S/c1-4-35-29(38)22-11-7-6-10-21(22)28-27(33)23-17-19(13-16-26(23)41-28)18-37-25-12-8-5-9-20(25)14-15-24(30(37)39)36-31(40)32(2,3)34/h5-13,16-17,24H,4,14-15,18,34H2,1-3H3,(H,35,38)(H,36,40)/t24-/m1/s1. The van der Waals surface area contributed by atoms with Crippen molar-refractivity contribution in [2.24, 2.45) is 5.73 Å². The molecule has 0 aliphatic carbocycles. The third-order valence-corrected chi connectivity index (χ3v) is 9.52. The second-order valence-corrected chi connectivity index (χ2v) is 12.7. The Morgan fingerprint density at radius 3 is 2.59 bits per heavy atom. The fraction of sp³-hybridized carbons (Fsp3) is 0.281. The Hall–Kier alpha value is -3.53. The van der Waals surface area contributed by atoms with Crippen molar-refractivity contribution in [2.75, 3.05) is 11.4 Å². The zero-order chi connectivity index (χ0) is 29.3. The second kappa shape index (κ2) is 11.8. The highest BCUT2D eigenvalue weighted by atomic mass is 79.9. The number of nitrogens with zero attached hydrogens (tertiary/aromatic N) is 1. The van der Waals surface area contributed by atoms with Crippen molar-refractivity contribution in [1.29, 1.82) is 0 Å². The molecule has 0 saturated heterocycles. The van der Waals surface area contributed by atoms with E-state index >= 15 is 0 Å². The molecular weight excluding hydrogens is 600 g/mol. The van der Waals surface area contributed by atoms with Gasteiger partial charge >= 0.3 is 0 Å². The van der Waals surface area contributed by atoms with Crippen LogP contribution in [-0.4, -0.2) is 35.8 Å². The Morgan fingerprint density at radius 1 is 1.10 bits per heavy atom. The van der Waals surface area contributed by atoms with E-state index in [4.69, 9.17) is 5.73 Å². The van der Waals surface area contributed by atoms with E-state index in [2.05, 4.69) is 38.7 Å². The minimum Gasteiger partial charge on any atom is -0.352 e. The molecular formula is C32H33BrN4O3S. The molecule has 0 unspecified atom stereocenters. The van der Waals surface area contributed by atoms with Gasteiger partial charge in [0.1, 0.15) is 6.04 Å². The van der Waals surface area contributed by atoms with Gasteiger partial charge in [0.05, 0.1) is 17.0 Å². The highest BCUT2D eigenvalue weighted by Crippen LogP contribution is 2.44. The van der Waals surface area contributed by atoms with Gasteiger partial charge in [0.2, 0.25) is 11.8 Å². The number of nitrogens with two attached hydrogens (primary N) is 1. The first-order chi connectivity index (χ1) is 19.6. The average molecular weight is 634 g/mol. The average Bonchev–Trinajstić information content (AvgIpc) is 3.22. The van der Waals surface area contributed by atoms with Crippen LogP contribution >= 0.6 is 27.3 Å². The number of amides is 3. The molecule has 5 rings (SSSR count). The number of carbonyl (C=O) groups is 3. The number of carbonyl (C=O) groups excluding carboxylic acids is 3. The summed E-state index contributed by atoms with van der Waals surface area (Å²) >= 11 is 5.43. The summed E-state index contributed by atoms with van der Waals surface area (Å²) in [4.78, 5) is 42.1. The molecule has 212 valence electrons. The Balaban J connectivity index is 1.50. The SMILES string of the molecule is CCNC(=O)c1ccccc1-c1sc2ccc(CN3C(=O)[C@H](NC(=O)C(C)(C)N)CCc4ccccc43)cc2c1Br. The summed E-state index contributed by atoms with van der Waals surface area (Å²) in [7, 11) is 0. The first-order valence-corrected chi connectivity index (χ1v) is 15.3. The molecule has 1 atom stereocenters. The summed E-state index contributed by atoms with van der Waals surface area (Å²) in [5.41, 5.74) is 9.28. The van der Waals surface area contributed by atoms with Gasteiger partial charge in [0.15, 0.2) is 0 Å². The summed E-state index contributed by atoms with van der Waals surface area (Å²) in [5.74, 6) is -0.620. The smallest absolute Gasteiger partial charge is 0.251 e. The van der Waals surface area contributed by atoms with Crippen LogP contribution in [0.15, 0.2) is 71.2 Å². The zero-order valence-corrected chi connectivity index (χ0v) is 25.7. The maximum atomic E-state index is 13.9. The van der Waals surface area contributed by atoms with Gasteiger partial charge in [-0.1, -0.05) is 42.5 Å². The lowest BCUT2D eigenvalue weighted by molar-refractivity contribution is -0.130. The fourth-order valence-electron chi connectivity index (χ4n) is 5.06. The second-order valence-electron chi connectivity index (χ2n) is 10.8. The first-order valence-electron chi connectivity index (χ1n) is 13.7. The van der Waals surface area contributed by atoms with Crippen molar-refractivity contribution in [2.45, 2.75) is 51.7 Å². The van der Waals surface area contributed by atoms with E-state index in [0.717, 1.165) is 41.8 Å². The quantitative estimate of drug-likeness (QED) is 0.240. The van der Waals surface area contributed by atoms with Crippen LogP contribution in [0.5, 0.6) is 0 Å². The summed E-state index contributed by atoms with van der Waals surface area (Å²) in [6.07, 6.45) is 1.16. The van der Waals surface area contributed by atoms with Crippen LogP contribution in [0.4, 0.5) is 5.69 Å². The molecule has 0 saturated carbocycles. The number of para-hydroxylation sites is 1. The maximum absolute atomic E-state index is 13.9. The molecule has 1 aromatic heterocycles. The van der Waals surface area contributed by atoms with E-state index in [1.165, 1.54) is 0 Å². The van der Waals surface area contributed by atoms with Gasteiger partial charge in [-0.15, -0.1) is 11.3 Å². The summed E-state index contributed by atoms with van der Waals surface area (Å²) in [6, 6.07) is 21.0. The van der Waals surface area contributed by atoms with Crippen LogP contribution in [0.1, 0.15) is 48.7 Å². The monoisotopic (exact) mass is 632 g/mol. The molecule has 1 aliphatic rings. The fourth-order valence-corrected chi connectivity index (χ4v) is 7.09. The summed E-state index contributed by atoms with van der Waals surface area (Å²) in [6.45, 7) is 6.06. The van der Waals surface area contributed by atoms with Crippen LogP contribution in [0.2, 0.25) is 0 Å². The Labute approximate surface area is 252 Å². The molecule has 0 spiro atoms. The molecule has 4 N–H and O–H groups in total. The van der Waals surface area contributed by atoms with Crippen molar-refractivity contribution >= 4 is 60.8 Å². The van der Waals surface area contributed by atoms with E-state index in [1.54, 1.807) is 30.1 Å². The van der Waals surface area contributed by atoms with Crippen molar-refractivity contribution in [3.05, 3.63) is 87.9 Å². The molecule has 3 aromatic carbocycles.